The van der Waals surface area contributed by atoms with Crippen molar-refractivity contribution in [3.63, 3.8) is 0 Å². The molecular weight excluding hydrogens is 232 g/mol. The van der Waals surface area contributed by atoms with Crippen LogP contribution in [0.4, 0.5) is 5.82 Å². The number of hydrogen-bond acceptors (Lipinski definition) is 5. The van der Waals surface area contributed by atoms with Crippen molar-refractivity contribution < 1.29 is 9.53 Å². The maximum Gasteiger partial charge on any atom is 0.343 e. The molecule has 0 radical (unpaired) electrons. The number of anilines is 1. The van der Waals surface area contributed by atoms with E-state index in [1.54, 1.807) is 11.4 Å². The van der Waals surface area contributed by atoms with Crippen LogP contribution in [0, 0.1) is 0 Å². The Balaban J connectivity index is 2.01. The molecule has 6 nitrogen and oxygen atoms in total. The topological polar surface area (TPSA) is 59.7 Å². The first-order chi connectivity index (χ1) is 8.79. The first-order valence-electron chi connectivity index (χ1n) is 6.06. The van der Waals surface area contributed by atoms with Crippen LogP contribution in [0.5, 0.6) is 0 Å². The van der Waals surface area contributed by atoms with E-state index in [9.17, 15) is 4.79 Å². The highest BCUT2D eigenvalue weighted by molar-refractivity contribution is 5.95. The molecule has 0 saturated carbocycles. The highest BCUT2D eigenvalue weighted by Crippen LogP contribution is 2.20. The molecule has 6 heteroatoms. The summed E-state index contributed by atoms with van der Waals surface area (Å²) >= 11 is 0. The molecule has 18 heavy (non-hydrogen) atoms. The quantitative estimate of drug-likeness (QED) is 0.759. The normalized spacial score (nSPS) is 14.6. The van der Waals surface area contributed by atoms with Gasteiger partial charge in [-0.05, 0) is 19.4 Å². The number of carbonyl (C=O) groups is 1. The zero-order valence-corrected chi connectivity index (χ0v) is 10.2. The minimum atomic E-state index is -0.374. The molecule has 94 valence electrons. The second kappa shape index (κ2) is 4.29. The van der Waals surface area contributed by atoms with E-state index in [0.29, 0.717) is 17.8 Å². The number of ether oxygens (including phenoxy) is 1. The van der Waals surface area contributed by atoms with Gasteiger partial charge in [-0.15, -0.1) is 0 Å². The van der Waals surface area contributed by atoms with Crippen molar-refractivity contribution in [3.05, 3.63) is 24.0 Å². The summed E-state index contributed by atoms with van der Waals surface area (Å²) in [6, 6.07) is 1.91. The van der Waals surface area contributed by atoms with Crippen LogP contribution < -0.4 is 4.90 Å². The molecule has 0 aliphatic carbocycles. The third-order valence-electron chi connectivity index (χ3n) is 3.03. The summed E-state index contributed by atoms with van der Waals surface area (Å²) in [6.07, 6.45) is 4.51. The van der Waals surface area contributed by atoms with E-state index in [0.717, 1.165) is 18.9 Å². The number of fused-ring (bicyclic) bond motifs is 1. The third kappa shape index (κ3) is 1.70. The number of aromatic nitrogens is 3. The van der Waals surface area contributed by atoms with Crippen LogP contribution >= 0.6 is 0 Å². The van der Waals surface area contributed by atoms with Gasteiger partial charge in [0.25, 0.3) is 0 Å². The second-order valence-corrected chi connectivity index (χ2v) is 4.17. The fraction of sp³-hybridized carbons (Fsp3) is 0.417. The molecule has 0 atom stereocenters. The van der Waals surface area contributed by atoms with Gasteiger partial charge in [0.15, 0.2) is 5.65 Å². The van der Waals surface area contributed by atoms with Crippen molar-refractivity contribution >= 4 is 17.4 Å². The Morgan fingerprint density at radius 1 is 1.50 bits per heavy atom. The molecule has 3 heterocycles. The first kappa shape index (κ1) is 11.0. The Morgan fingerprint density at radius 2 is 2.33 bits per heavy atom. The van der Waals surface area contributed by atoms with Crippen LogP contribution in [0.1, 0.15) is 23.7 Å². The van der Waals surface area contributed by atoms with Crippen molar-refractivity contribution in [1.82, 2.24) is 14.6 Å². The van der Waals surface area contributed by atoms with E-state index in [-0.39, 0.29) is 5.97 Å². The zero-order chi connectivity index (χ0) is 12.5. The molecule has 1 saturated heterocycles. The number of rotatable bonds is 3. The molecule has 3 rings (SSSR count). The summed E-state index contributed by atoms with van der Waals surface area (Å²) < 4.78 is 6.58. The molecule has 0 N–H and O–H groups in total. The molecule has 0 aromatic carbocycles. The molecule has 2 aromatic rings. The average molecular weight is 246 g/mol. The smallest absolute Gasteiger partial charge is 0.343 e. The van der Waals surface area contributed by atoms with Crippen LogP contribution in [0.2, 0.25) is 0 Å². The maximum absolute atomic E-state index is 11.8. The van der Waals surface area contributed by atoms with Crippen molar-refractivity contribution in [3.8, 4) is 0 Å². The van der Waals surface area contributed by atoms with Gasteiger partial charge in [-0.25, -0.2) is 14.3 Å². The summed E-state index contributed by atoms with van der Waals surface area (Å²) in [5.41, 5.74) is 0.970. The van der Waals surface area contributed by atoms with Crippen LogP contribution in [0.25, 0.3) is 5.65 Å². The van der Waals surface area contributed by atoms with Crippen molar-refractivity contribution in [2.45, 2.75) is 13.3 Å². The number of nitrogens with zero attached hydrogens (tertiary/aromatic N) is 4. The maximum atomic E-state index is 11.8. The van der Waals surface area contributed by atoms with E-state index in [2.05, 4.69) is 15.0 Å². The predicted octanol–water partition coefficient (Wildman–Crippen LogP) is 1.12. The SMILES string of the molecule is CCOC(=O)c1cnn2ccc(N3CCC3)nc12. The molecular formula is C12H14N4O2. The van der Waals surface area contributed by atoms with E-state index in [1.807, 2.05) is 12.3 Å². The minimum Gasteiger partial charge on any atom is -0.462 e. The fourth-order valence-corrected chi connectivity index (χ4v) is 1.93. The minimum absolute atomic E-state index is 0.349. The van der Waals surface area contributed by atoms with Crippen LogP contribution in [-0.4, -0.2) is 40.3 Å². The molecule has 0 bridgehead atoms. The molecule has 1 aliphatic heterocycles. The Labute approximate surface area is 104 Å². The molecule has 0 amide bonds. The number of hydrogen-bond donors (Lipinski definition) is 0. The number of esters is 1. The van der Waals surface area contributed by atoms with Crippen LogP contribution in [-0.2, 0) is 4.74 Å². The lowest BCUT2D eigenvalue weighted by atomic mass is 10.2. The Morgan fingerprint density at radius 3 is 3.00 bits per heavy atom. The summed E-state index contributed by atoms with van der Waals surface area (Å²) in [6.45, 7) is 4.17. The van der Waals surface area contributed by atoms with Crippen LogP contribution in [0.3, 0.4) is 0 Å². The average Bonchev–Trinajstić information content (AvgIpc) is 2.70. The lowest BCUT2D eigenvalue weighted by molar-refractivity contribution is 0.0528. The van der Waals surface area contributed by atoms with Crippen LogP contribution in [0.15, 0.2) is 18.5 Å². The van der Waals surface area contributed by atoms with E-state index in [4.69, 9.17) is 4.74 Å². The summed E-state index contributed by atoms with van der Waals surface area (Å²) in [4.78, 5) is 18.4. The second-order valence-electron chi connectivity index (χ2n) is 4.17. The van der Waals surface area contributed by atoms with Crippen molar-refractivity contribution in [2.24, 2.45) is 0 Å². The molecule has 1 aliphatic rings. The number of carbonyl (C=O) groups excluding carboxylic acids is 1. The van der Waals surface area contributed by atoms with Gasteiger partial charge in [-0.2, -0.15) is 5.10 Å². The third-order valence-corrected chi connectivity index (χ3v) is 3.03. The predicted molar refractivity (Wildman–Crippen MR) is 65.8 cm³/mol. The summed E-state index contributed by atoms with van der Waals surface area (Å²) in [7, 11) is 0. The Bertz CT molecular complexity index is 589. The first-order valence-corrected chi connectivity index (χ1v) is 6.06. The van der Waals surface area contributed by atoms with Gasteiger partial charge in [0.1, 0.15) is 11.4 Å². The Kier molecular flexibility index (Phi) is 2.62. The van der Waals surface area contributed by atoms with Gasteiger partial charge in [0, 0.05) is 19.3 Å². The molecule has 0 unspecified atom stereocenters. The van der Waals surface area contributed by atoms with E-state index in [1.165, 1.54) is 12.6 Å². The van der Waals surface area contributed by atoms with Gasteiger partial charge in [0.05, 0.1) is 12.8 Å². The Hall–Kier alpha value is -2.11. The van der Waals surface area contributed by atoms with Gasteiger partial charge >= 0.3 is 5.97 Å². The molecule has 0 spiro atoms. The van der Waals surface area contributed by atoms with E-state index < -0.39 is 0 Å². The van der Waals surface area contributed by atoms with Crippen molar-refractivity contribution in [2.75, 3.05) is 24.6 Å². The molecule has 2 aromatic heterocycles. The van der Waals surface area contributed by atoms with Gasteiger partial charge in [0.2, 0.25) is 0 Å². The molecule has 1 fully saturated rings. The van der Waals surface area contributed by atoms with Gasteiger partial charge in [-0.3, -0.25) is 0 Å². The van der Waals surface area contributed by atoms with Gasteiger partial charge in [-0.1, -0.05) is 0 Å². The van der Waals surface area contributed by atoms with E-state index >= 15 is 0 Å². The largest absolute Gasteiger partial charge is 0.462 e. The highest BCUT2D eigenvalue weighted by atomic mass is 16.5. The zero-order valence-electron chi connectivity index (χ0n) is 10.2. The fourth-order valence-electron chi connectivity index (χ4n) is 1.93. The summed E-state index contributed by atoms with van der Waals surface area (Å²) in [5, 5.41) is 4.10. The lowest BCUT2D eigenvalue weighted by Crippen LogP contribution is -2.37. The van der Waals surface area contributed by atoms with Gasteiger partial charge < -0.3 is 9.64 Å². The van der Waals surface area contributed by atoms with Crippen molar-refractivity contribution in [1.29, 1.82) is 0 Å². The summed E-state index contributed by atoms with van der Waals surface area (Å²) in [5.74, 6) is 0.514. The monoisotopic (exact) mass is 246 g/mol. The highest BCUT2D eigenvalue weighted by Gasteiger charge is 2.19. The lowest BCUT2D eigenvalue weighted by Gasteiger charge is -2.31. The standard InChI is InChI=1S/C12H14N4O2/c1-2-18-12(17)9-8-13-16-7-4-10(14-11(9)16)15-5-3-6-15/h4,7-8H,2-3,5-6H2,1H3.